The molecule has 1 heterocycles. The lowest BCUT2D eigenvalue weighted by Gasteiger charge is -2.06. The van der Waals surface area contributed by atoms with Gasteiger partial charge < -0.3 is 9.84 Å². The van der Waals surface area contributed by atoms with E-state index in [0.717, 1.165) is 5.56 Å². The highest BCUT2D eigenvalue weighted by Crippen LogP contribution is 2.22. The van der Waals surface area contributed by atoms with Crippen LogP contribution in [-0.2, 0) is 0 Å². The van der Waals surface area contributed by atoms with Gasteiger partial charge in [-0.25, -0.2) is 5.43 Å². The molecule has 0 unspecified atom stereocenters. The van der Waals surface area contributed by atoms with Gasteiger partial charge in [-0.15, -0.1) is 5.10 Å². The fourth-order valence-electron chi connectivity index (χ4n) is 1.28. The van der Waals surface area contributed by atoms with Gasteiger partial charge in [0.1, 0.15) is 11.5 Å². The molecule has 1 aromatic heterocycles. The molecule has 2 aromatic rings. The minimum Gasteiger partial charge on any atom is -0.508 e. The number of phenolic OH excluding ortho intramolecular Hbond substituents is 1. The van der Waals surface area contributed by atoms with Crippen LogP contribution in [-0.4, -0.2) is 38.6 Å². The van der Waals surface area contributed by atoms with Crippen LogP contribution in [0.3, 0.4) is 0 Å². The highest BCUT2D eigenvalue weighted by molar-refractivity contribution is 5.84. The summed E-state index contributed by atoms with van der Waals surface area (Å²) in [6.07, 6.45) is 1.54. The standard InChI is InChI=1S/C10H12N6O2/c1-2-18-9-5-8(17)4-3-7(9)6-11-12-10-13-15-16-14-10/h3-6,17H,2H2,1H3,(H2,12,13,14,15,16)/b11-6-. The van der Waals surface area contributed by atoms with Crippen LogP contribution in [0.2, 0.25) is 0 Å². The van der Waals surface area contributed by atoms with Crippen LogP contribution in [0, 0.1) is 0 Å². The van der Waals surface area contributed by atoms with Crippen LogP contribution in [0.1, 0.15) is 12.5 Å². The second kappa shape index (κ2) is 5.62. The van der Waals surface area contributed by atoms with Crippen molar-refractivity contribution in [1.82, 2.24) is 20.6 Å². The van der Waals surface area contributed by atoms with Gasteiger partial charge in [-0.3, -0.25) is 0 Å². The molecule has 2 rings (SSSR count). The van der Waals surface area contributed by atoms with E-state index < -0.39 is 0 Å². The summed E-state index contributed by atoms with van der Waals surface area (Å²) in [5.41, 5.74) is 3.32. The number of nitrogens with one attached hydrogen (secondary N) is 2. The van der Waals surface area contributed by atoms with E-state index in [1.165, 1.54) is 6.07 Å². The maximum absolute atomic E-state index is 9.37. The Morgan fingerprint density at radius 3 is 3.17 bits per heavy atom. The van der Waals surface area contributed by atoms with Crippen LogP contribution in [0.15, 0.2) is 23.3 Å². The van der Waals surface area contributed by atoms with Gasteiger partial charge in [0.05, 0.1) is 12.8 Å². The van der Waals surface area contributed by atoms with E-state index in [-0.39, 0.29) is 11.7 Å². The van der Waals surface area contributed by atoms with E-state index in [9.17, 15) is 5.11 Å². The highest BCUT2D eigenvalue weighted by Gasteiger charge is 2.02. The molecule has 8 nitrogen and oxygen atoms in total. The van der Waals surface area contributed by atoms with Gasteiger partial charge in [-0.2, -0.15) is 10.3 Å². The molecule has 0 saturated heterocycles. The van der Waals surface area contributed by atoms with Crippen molar-refractivity contribution in [2.24, 2.45) is 5.10 Å². The van der Waals surface area contributed by atoms with Gasteiger partial charge in [0.2, 0.25) is 0 Å². The lowest BCUT2D eigenvalue weighted by molar-refractivity contribution is 0.337. The van der Waals surface area contributed by atoms with Gasteiger partial charge in [0, 0.05) is 11.6 Å². The number of nitrogens with zero attached hydrogens (tertiary/aromatic N) is 4. The molecule has 1 aromatic carbocycles. The normalized spacial score (nSPS) is 10.7. The third-order valence-electron chi connectivity index (χ3n) is 2.01. The lowest BCUT2D eigenvalue weighted by Crippen LogP contribution is -1.98. The Morgan fingerprint density at radius 2 is 2.44 bits per heavy atom. The van der Waals surface area contributed by atoms with Crippen molar-refractivity contribution in [3.63, 3.8) is 0 Å². The first-order valence-electron chi connectivity index (χ1n) is 5.28. The number of aromatic amines is 1. The van der Waals surface area contributed by atoms with Crippen molar-refractivity contribution < 1.29 is 9.84 Å². The number of aromatic nitrogens is 4. The summed E-state index contributed by atoms with van der Waals surface area (Å²) in [7, 11) is 0. The fraction of sp³-hybridized carbons (Fsp3) is 0.200. The summed E-state index contributed by atoms with van der Waals surface area (Å²) in [6.45, 7) is 2.37. The predicted molar refractivity (Wildman–Crippen MR) is 64.7 cm³/mol. The molecular weight excluding hydrogens is 236 g/mol. The minimum atomic E-state index is 0.140. The summed E-state index contributed by atoms with van der Waals surface area (Å²) >= 11 is 0. The first kappa shape index (κ1) is 11.8. The number of anilines is 1. The van der Waals surface area contributed by atoms with Crippen molar-refractivity contribution in [1.29, 1.82) is 0 Å². The van der Waals surface area contributed by atoms with Crippen molar-refractivity contribution in [3.05, 3.63) is 23.8 Å². The summed E-state index contributed by atoms with van der Waals surface area (Å²) in [4.78, 5) is 0. The molecule has 3 N–H and O–H groups in total. The molecule has 0 aliphatic heterocycles. The average Bonchev–Trinajstić information content (AvgIpc) is 2.85. The minimum absolute atomic E-state index is 0.140. The Morgan fingerprint density at radius 1 is 1.56 bits per heavy atom. The number of hydrazone groups is 1. The maximum Gasteiger partial charge on any atom is 0.283 e. The quantitative estimate of drug-likeness (QED) is 0.532. The van der Waals surface area contributed by atoms with E-state index in [0.29, 0.717) is 12.4 Å². The summed E-state index contributed by atoms with van der Waals surface area (Å²) < 4.78 is 5.38. The lowest BCUT2D eigenvalue weighted by atomic mass is 10.2. The molecular formula is C10H12N6O2. The Kier molecular flexibility index (Phi) is 3.69. The zero-order valence-corrected chi connectivity index (χ0v) is 9.66. The Bertz CT molecular complexity index is 525. The van der Waals surface area contributed by atoms with Crippen LogP contribution < -0.4 is 10.2 Å². The first-order chi connectivity index (χ1) is 8.79. The molecule has 0 radical (unpaired) electrons. The van der Waals surface area contributed by atoms with E-state index in [2.05, 4.69) is 31.2 Å². The van der Waals surface area contributed by atoms with Crippen molar-refractivity contribution in [2.45, 2.75) is 6.92 Å². The summed E-state index contributed by atoms with van der Waals surface area (Å²) in [5.74, 6) is 0.959. The number of benzene rings is 1. The third kappa shape index (κ3) is 2.94. The van der Waals surface area contributed by atoms with E-state index in [1.54, 1.807) is 18.3 Å². The molecule has 0 aliphatic carbocycles. The first-order valence-corrected chi connectivity index (χ1v) is 5.28. The van der Waals surface area contributed by atoms with Gasteiger partial charge >= 0.3 is 0 Å². The number of aromatic hydroxyl groups is 1. The number of hydrogen-bond acceptors (Lipinski definition) is 7. The topological polar surface area (TPSA) is 108 Å². The third-order valence-corrected chi connectivity index (χ3v) is 2.01. The van der Waals surface area contributed by atoms with Crippen LogP contribution in [0.25, 0.3) is 0 Å². The van der Waals surface area contributed by atoms with E-state index >= 15 is 0 Å². The van der Waals surface area contributed by atoms with Crippen molar-refractivity contribution in [3.8, 4) is 11.5 Å². The molecule has 0 aliphatic rings. The molecule has 0 spiro atoms. The number of hydrogen-bond donors (Lipinski definition) is 3. The second-order valence-electron chi connectivity index (χ2n) is 3.26. The molecule has 0 atom stereocenters. The Balaban J connectivity index is 2.10. The molecule has 8 heteroatoms. The maximum atomic E-state index is 9.37. The molecule has 0 saturated carbocycles. The van der Waals surface area contributed by atoms with Crippen LogP contribution in [0.5, 0.6) is 11.5 Å². The van der Waals surface area contributed by atoms with Crippen molar-refractivity contribution >= 4 is 12.2 Å². The Labute approximate surface area is 103 Å². The van der Waals surface area contributed by atoms with Gasteiger partial charge in [0.15, 0.2) is 0 Å². The molecule has 0 amide bonds. The van der Waals surface area contributed by atoms with Crippen molar-refractivity contribution in [2.75, 3.05) is 12.0 Å². The predicted octanol–water partition coefficient (Wildman–Crippen LogP) is 0.750. The Hall–Kier alpha value is -2.64. The van der Waals surface area contributed by atoms with E-state index in [1.807, 2.05) is 6.92 Å². The molecule has 0 fully saturated rings. The largest absolute Gasteiger partial charge is 0.508 e. The molecule has 18 heavy (non-hydrogen) atoms. The number of phenols is 1. The number of rotatable bonds is 5. The number of ether oxygens (including phenoxy) is 1. The van der Waals surface area contributed by atoms with Gasteiger partial charge in [-0.05, 0) is 24.3 Å². The van der Waals surface area contributed by atoms with Gasteiger partial charge in [0.25, 0.3) is 5.95 Å². The number of tetrazole rings is 1. The smallest absolute Gasteiger partial charge is 0.283 e. The molecule has 94 valence electrons. The number of H-pyrrole nitrogens is 1. The van der Waals surface area contributed by atoms with Crippen LogP contribution >= 0.6 is 0 Å². The fourth-order valence-corrected chi connectivity index (χ4v) is 1.28. The monoisotopic (exact) mass is 248 g/mol. The zero-order chi connectivity index (χ0) is 12.8. The van der Waals surface area contributed by atoms with Gasteiger partial charge in [-0.1, -0.05) is 5.10 Å². The van der Waals surface area contributed by atoms with E-state index in [4.69, 9.17) is 4.74 Å². The average molecular weight is 248 g/mol. The SMILES string of the molecule is CCOc1cc(O)ccc1/C=N\Nc1nn[nH]n1. The summed E-state index contributed by atoms with van der Waals surface area (Å²) in [5, 5.41) is 26.3. The zero-order valence-electron chi connectivity index (χ0n) is 9.66. The summed E-state index contributed by atoms with van der Waals surface area (Å²) in [6, 6.07) is 4.78. The molecule has 0 bridgehead atoms. The van der Waals surface area contributed by atoms with Crippen LogP contribution in [0.4, 0.5) is 5.95 Å². The highest BCUT2D eigenvalue weighted by atomic mass is 16.5. The second-order valence-corrected chi connectivity index (χ2v) is 3.26.